The van der Waals surface area contributed by atoms with Gasteiger partial charge in [0.2, 0.25) is 0 Å². The third kappa shape index (κ3) is 50.5. The van der Waals surface area contributed by atoms with Gasteiger partial charge in [0.1, 0.15) is 0 Å². The average molecular weight is 511 g/mol. The van der Waals surface area contributed by atoms with Crippen molar-refractivity contribution in [1.82, 2.24) is 11.1 Å². The van der Waals surface area contributed by atoms with Gasteiger partial charge in [0.15, 0.2) is 0 Å². The molecule has 0 heterocycles. The highest BCUT2D eigenvalue weighted by molar-refractivity contribution is 5.66. The topological polar surface area (TPSA) is 174 Å². The Bertz CT molecular complexity index is 395. The van der Waals surface area contributed by atoms with Gasteiger partial charge < -0.3 is 31.7 Å². The Kier molecular flexibility index (Phi) is 43.6. The normalized spacial score (nSPS) is 10.0. The van der Waals surface area contributed by atoms with Crippen molar-refractivity contribution in [2.45, 2.75) is 117 Å². The predicted molar refractivity (Wildman–Crippen MR) is 143 cm³/mol. The smallest absolute Gasteiger partial charge is 0.303 e. The largest absolute Gasteiger partial charge is 0.481 e. The van der Waals surface area contributed by atoms with E-state index in [1.807, 2.05) is 0 Å². The molecule has 0 aromatic rings. The van der Waals surface area contributed by atoms with Crippen LogP contribution in [0.25, 0.3) is 0 Å². The van der Waals surface area contributed by atoms with E-state index in [1.54, 1.807) is 4.90 Å². The Morgan fingerprint density at radius 1 is 0.571 bits per heavy atom. The molecule has 0 spiro atoms. The molecule has 0 unspecified atom stereocenters. The van der Waals surface area contributed by atoms with E-state index >= 15 is 0 Å². The van der Waals surface area contributed by atoms with Gasteiger partial charge in [0.25, 0.3) is 5.97 Å². The second-order valence-electron chi connectivity index (χ2n) is 8.62. The van der Waals surface area contributed by atoms with Crippen molar-refractivity contribution in [3.8, 4) is 0 Å². The zero-order chi connectivity index (χ0) is 26.3. The van der Waals surface area contributed by atoms with Gasteiger partial charge in [-0.25, -0.2) is 0 Å². The number of carboxylic acids is 2. The molecule has 0 fully saturated rings. The third-order valence-corrected chi connectivity index (χ3v) is 5.24. The van der Waals surface area contributed by atoms with Crippen LogP contribution in [0.3, 0.4) is 0 Å². The highest BCUT2D eigenvalue weighted by Gasteiger charge is 2.00. The zero-order valence-electron chi connectivity index (χ0n) is 22.8. The molecule has 9 nitrogen and oxygen atoms in total. The number of nitrogens with zero attached hydrogens (tertiary/aromatic N) is 1. The number of aliphatic carboxylic acids is 2. The van der Waals surface area contributed by atoms with Crippen molar-refractivity contribution in [2.75, 3.05) is 39.5 Å². The first-order valence-corrected chi connectivity index (χ1v) is 13.3. The van der Waals surface area contributed by atoms with Crippen LogP contribution in [0, 0.1) is 0 Å². The van der Waals surface area contributed by atoms with Crippen LogP contribution in [0.15, 0.2) is 0 Å². The fourth-order valence-corrected chi connectivity index (χ4v) is 3.41. The number of aliphatic hydroxyl groups is 3. The standard InChI is InChI=1S/C18H36O2.C6H15NO3.C2H4O2.H3N/c1-2-3-4-5-6-7-8-9-10-11-12-13-14-15-16-17-18(19)20;8-4-1-7(2-5-9)3-6-10;1-2(3)4;/h2-17H2,1H3,(H,19,20);8-10H,1-6H2;1H3,(H,3,4);1H3. The Morgan fingerprint density at radius 3 is 1.06 bits per heavy atom. The summed E-state index contributed by atoms with van der Waals surface area (Å²) in [6, 6.07) is 0. The highest BCUT2D eigenvalue weighted by Crippen LogP contribution is 2.13. The quantitative estimate of drug-likeness (QED) is 0.111. The number of rotatable bonds is 22. The maximum absolute atomic E-state index is 10.3. The van der Waals surface area contributed by atoms with Crippen molar-refractivity contribution >= 4 is 11.9 Å². The molecule has 0 aliphatic carbocycles. The Hall–Kier alpha value is -1.26. The lowest BCUT2D eigenvalue weighted by atomic mass is 10.0. The highest BCUT2D eigenvalue weighted by atomic mass is 16.4. The first-order chi connectivity index (χ1) is 16.3. The molecule has 214 valence electrons. The van der Waals surface area contributed by atoms with E-state index in [1.165, 1.54) is 83.5 Å². The summed E-state index contributed by atoms with van der Waals surface area (Å²) in [7, 11) is 0. The van der Waals surface area contributed by atoms with Crippen molar-refractivity contribution in [3.05, 3.63) is 0 Å². The average Bonchev–Trinajstić information content (AvgIpc) is 2.77. The maximum Gasteiger partial charge on any atom is 0.303 e. The second-order valence-corrected chi connectivity index (χ2v) is 8.62. The molecule has 0 aliphatic rings. The van der Waals surface area contributed by atoms with Crippen LogP contribution in [0.2, 0.25) is 0 Å². The molecule has 9 heteroatoms. The van der Waals surface area contributed by atoms with E-state index < -0.39 is 11.9 Å². The minimum atomic E-state index is -0.833. The number of hydrogen-bond acceptors (Lipinski definition) is 7. The van der Waals surface area contributed by atoms with Crippen LogP contribution in [0.4, 0.5) is 0 Å². The molecule has 8 N–H and O–H groups in total. The van der Waals surface area contributed by atoms with E-state index in [4.69, 9.17) is 30.3 Å². The SMILES string of the molecule is CC(=O)O.CCCCCCCCCCCCCCCCCC(=O)O.N.OCCN(CCO)CCO. The Labute approximate surface area is 214 Å². The first-order valence-electron chi connectivity index (χ1n) is 13.3. The summed E-state index contributed by atoms with van der Waals surface area (Å²) in [5.74, 6) is -1.49. The minimum absolute atomic E-state index is 0. The van der Waals surface area contributed by atoms with Crippen molar-refractivity contribution in [3.63, 3.8) is 0 Å². The summed E-state index contributed by atoms with van der Waals surface area (Å²) in [6.07, 6.45) is 20.2. The van der Waals surface area contributed by atoms with Crippen LogP contribution >= 0.6 is 0 Å². The molecule has 35 heavy (non-hydrogen) atoms. The van der Waals surface area contributed by atoms with Crippen LogP contribution < -0.4 is 6.15 Å². The van der Waals surface area contributed by atoms with E-state index in [0.717, 1.165) is 19.8 Å². The second kappa shape index (κ2) is 37.3. The Morgan fingerprint density at radius 2 is 0.829 bits per heavy atom. The van der Waals surface area contributed by atoms with E-state index in [2.05, 4.69) is 6.92 Å². The molecule has 0 amide bonds. The summed E-state index contributed by atoms with van der Waals surface area (Å²) in [4.78, 5) is 21.1. The molecule has 0 bridgehead atoms. The molecule has 0 aliphatic heterocycles. The number of hydrogen-bond donors (Lipinski definition) is 6. The number of carboxylic acid groups (broad SMARTS) is 2. The predicted octanol–water partition coefficient (Wildman–Crippen LogP) is 4.85. The van der Waals surface area contributed by atoms with Crippen LogP contribution in [-0.4, -0.2) is 81.8 Å². The lowest BCUT2D eigenvalue weighted by Gasteiger charge is -2.17. The number of unbranched alkanes of at least 4 members (excludes halogenated alkanes) is 14. The molecule has 0 radical (unpaired) electrons. The van der Waals surface area contributed by atoms with E-state index in [-0.39, 0.29) is 26.0 Å². The molecular weight excluding hydrogens is 452 g/mol. The fourth-order valence-electron chi connectivity index (χ4n) is 3.41. The van der Waals surface area contributed by atoms with E-state index in [0.29, 0.717) is 26.1 Å². The number of carbonyl (C=O) groups is 2. The third-order valence-electron chi connectivity index (χ3n) is 5.24. The molecule has 0 saturated heterocycles. The molecule has 0 rings (SSSR count). The van der Waals surface area contributed by atoms with Crippen LogP contribution in [0.5, 0.6) is 0 Å². The van der Waals surface area contributed by atoms with Crippen LogP contribution in [-0.2, 0) is 9.59 Å². The molecule has 0 aromatic heterocycles. The first kappa shape index (κ1) is 40.9. The van der Waals surface area contributed by atoms with Crippen LogP contribution in [0.1, 0.15) is 117 Å². The van der Waals surface area contributed by atoms with Crippen molar-refractivity contribution in [1.29, 1.82) is 0 Å². The molecule has 0 atom stereocenters. The lowest BCUT2D eigenvalue weighted by Crippen LogP contribution is -2.32. The van der Waals surface area contributed by atoms with Gasteiger partial charge in [-0.1, -0.05) is 96.8 Å². The zero-order valence-corrected chi connectivity index (χ0v) is 22.8. The summed E-state index contributed by atoms with van der Waals surface area (Å²) < 4.78 is 0. The van der Waals surface area contributed by atoms with Gasteiger partial charge in [0.05, 0.1) is 19.8 Å². The minimum Gasteiger partial charge on any atom is -0.481 e. The molecular formula is C26H58N2O7. The maximum atomic E-state index is 10.3. The van der Waals surface area contributed by atoms with Crippen molar-refractivity contribution in [2.24, 2.45) is 0 Å². The van der Waals surface area contributed by atoms with Crippen molar-refractivity contribution < 1.29 is 35.1 Å². The van der Waals surface area contributed by atoms with Gasteiger partial charge in [-0.2, -0.15) is 0 Å². The lowest BCUT2D eigenvalue weighted by molar-refractivity contribution is -0.137. The van der Waals surface area contributed by atoms with Gasteiger partial charge in [0, 0.05) is 33.0 Å². The summed E-state index contributed by atoms with van der Waals surface area (Å²) in [6.45, 7) is 5.11. The molecule has 0 saturated carbocycles. The monoisotopic (exact) mass is 510 g/mol. The fraction of sp³-hybridized carbons (Fsp3) is 0.923. The summed E-state index contributed by atoms with van der Waals surface area (Å²) in [5, 5.41) is 41.4. The Balaban J connectivity index is -0.000000267. The number of aliphatic hydroxyl groups excluding tert-OH is 3. The summed E-state index contributed by atoms with van der Waals surface area (Å²) >= 11 is 0. The summed E-state index contributed by atoms with van der Waals surface area (Å²) in [5.41, 5.74) is 0. The van der Waals surface area contributed by atoms with Gasteiger partial charge in [-0.15, -0.1) is 0 Å². The van der Waals surface area contributed by atoms with Gasteiger partial charge >= 0.3 is 5.97 Å². The molecule has 0 aromatic carbocycles. The van der Waals surface area contributed by atoms with Gasteiger partial charge in [-0.05, 0) is 6.42 Å². The van der Waals surface area contributed by atoms with Gasteiger partial charge in [-0.3, -0.25) is 14.5 Å². The van der Waals surface area contributed by atoms with E-state index in [9.17, 15) is 4.79 Å².